The van der Waals surface area contributed by atoms with E-state index in [1.807, 2.05) is 12.1 Å². The third-order valence-electron chi connectivity index (χ3n) is 3.95. The predicted octanol–water partition coefficient (Wildman–Crippen LogP) is 4.24. The van der Waals surface area contributed by atoms with Gasteiger partial charge in [-0.05, 0) is 43.5 Å². The van der Waals surface area contributed by atoms with Crippen LogP contribution in [-0.2, 0) is 4.79 Å². The number of aliphatic carboxylic acids is 1. The zero-order valence-electron chi connectivity index (χ0n) is 11.5. The van der Waals surface area contributed by atoms with Crippen LogP contribution in [0.2, 0.25) is 10.0 Å². The Kier molecular flexibility index (Phi) is 5.30. The second kappa shape index (κ2) is 6.79. The fourth-order valence-corrected chi connectivity index (χ4v) is 3.47. The summed E-state index contributed by atoms with van der Waals surface area (Å²) in [4.78, 5) is 13.4. The molecule has 110 valence electrons. The molecule has 1 N–H and O–H groups in total. The third-order valence-corrected chi connectivity index (χ3v) is 4.51. The molecule has 0 aromatic heterocycles. The van der Waals surface area contributed by atoms with Gasteiger partial charge in [-0.2, -0.15) is 0 Å². The van der Waals surface area contributed by atoms with Crippen LogP contribution in [0.15, 0.2) is 18.2 Å². The van der Waals surface area contributed by atoms with E-state index >= 15 is 0 Å². The molecular formula is C15H19Cl2NO2. The zero-order valence-corrected chi connectivity index (χ0v) is 13.0. The van der Waals surface area contributed by atoms with Gasteiger partial charge in [-0.1, -0.05) is 36.2 Å². The summed E-state index contributed by atoms with van der Waals surface area (Å²) < 4.78 is 0. The van der Waals surface area contributed by atoms with Gasteiger partial charge in [-0.25, -0.2) is 0 Å². The average Bonchev–Trinajstić information content (AvgIpc) is 2.42. The summed E-state index contributed by atoms with van der Waals surface area (Å²) in [5, 5.41) is 10.5. The van der Waals surface area contributed by atoms with Gasteiger partial charge in [0.2, 0.25) is 0 Å². The third kappa shape index (κ3) is 3.46. The van der Waals surface area contributed by atoms with E-state index in [0.29, 0.717) is 16.6 Å². The molecule has 0 bridgehead atoms. The van der Waals surface area contributed by atoms with Crippen molar-refractivity contribution in [2.45, 2.75) is 32.2 Å². The van der Waals surface area contributed by atoms with E-state index in [2.05, 4.69) is 11.8 Å². The van der Waals surface area contributed by atoms with Gasteiger partial charge >= 0.3 is 5.97 Å². The first-order valence-corrected chi connectivity index (χ1v) is 7.70. The second-order valence-electron chi connectivity index (χ2n) is 5.26. The van der Waals surface area contributed by atoms with Crippen molar-refractivity contribution in [3.05, 3.63) is 33.8 Å². The molecule has 1 heterocycles. The van der Waals surface area contributed by atoms with Gasteiger partial charge in [0.1, 0.15) is 0 Å². The normalized spacial score (nSPS) is 21.6. The molecule has 0 saturated carbocycles. The first kappa shape index (κ1) is 15.6. The fraction of sp³-hybridized carbons (Fsp3) is 0.533. The zero-order chi connectivity index (χ0) is 14.7. The number of halogens is 2. The number of benzene rings is 1. The number of carboxylic acid groups (broad SMARTS) is 1. The molecule has 2 rings (SSSR count). The Morgan fingerprint density at radius 3 is 2.85 bits per heavy atom. The molecule has 1 fully saturated rings. The van der Waals surface area contributed by atoms with Gasteiger partial charge in [0.15, 0.2) is 0 Å². The Morgan fingerprint density at radius 1 is 1.50 bits per heavy atom. The number of carboxylic acids is 1. The van der Waals surface area contributed by atoms with Gasteiger partial charge in [0.05, 0.1) is 5.92 Å². The van der Waals surface area contributed by atoms with Gasteiger partial charge in [0, 0.05) is 22.6 Å². The highest BCUT2D eigenvalue weighted by atomic mass is 35.5. The number of nitrogens with zero attached hydrogens (tertiary/aromatic N) is 1. The second-order valence-corrected chi connectivity index (χ2v) is 6.11. The maximum absolute atomic E-state index is 11.2. The summed E-state index contributed by atoms with van der Waals surface area (Å²) in [5.74, 6) is -0.976. The molecule has 1 aliphatic heterocycles. The van der Waals surface area contributed by atoms with E-state index in [0.717, 1.165) is 31.4 Å². The Hall–Kier alpha value is -0.770. The highest BCUT2D eigenvalue weighted by molar-refractivity contribution is 6.35. The summed E-state index contributed by atoms with van der Waals surface area (Å²) in [7, 11) is 0. The van der Waals surface area contributed by atoms with Crippen LogP contribution < -0.4 is 0 Å². The fourth-order valence-electron chi connectivity index (χ4n) is 2.94. The van der Waals surface area contributed by atoms with E-state index in [9.17, 15) is 9.90 Å². The van der Waals surface area contributed by atoms with Crippen LogP contribution in [0.3, 0.4) is 0 Å². The van der Waals surface area contributed by atoms with Crippen molar-refractivity contribution in [2.24, 2.45) is 5.92 Å². The molecule has 0 aliphatic carbocycles. The molecule has 1 aromatic rings. The lowest BCUT2D eigenvalue weighted by Crippen LogP contribution is -2.40. The molecule has 20 heavy (non-hydrogen) atoms. The molecule has 3 nitrogen and oxygen atoms in total. The van der Waals surface area contributed by atoms with E-state index < -0.39 is 5.97 Å². The quantitative estimate of drug-likeness (QED) is 0.903. The Bertz CT molecular complexity index is 493. The van der Waals surface area contributed by atoms with Crippen LogP contribution in [0.25, 0.3) is 0 Å². The Morgan fingerprint density at radius 2 is 2.25 bits per heavy atom. The SMILES string of the molecule is CCC(c1ccc(Cl)cc1Cl)N1CCCC(C(=O)O)C1. The van der Waals surface area contributed by atoms with E-state index in [1.54, 1.807) is 6.07 Å². The Balaban J connectivity index is 2.21. The van der Waals surface area contributed by atoms with Crippen molar-refractivity contribution < 1.29 is 9.90 Å². The standard InChI is InChI=1S/C15H19Cl2NO2/c1-2-14(12-6-5-11(16)8-13(12)17)18-7-3-4-10(9-18)15(19)20/h5-6,8,10,14H,2-4,7,9H2,1H3,(H,19,20). The van der Waals surface area contributed by atoms with Crippen molar-refractivity contribution in [2.75, 3.05) is 13.1 Å². The number of piperidine rings is 1. The maximum atomic E-state index is 11.2. The van der Waals surface area contributed by atoms with Gasteiger partial charge < -0.3 is 5.11 Å². The molecule has 2 atom stereocenters. The van der Waals surface area contributed by atoms with Crippen molar-refractivity contribution in [1.29, 1.82) is 0 Å². The van der Waals surface area contributed by atoms with Gasteiger partial charge in [0.25, 0.3) is 0 Å². The topological polar surface area (TPSA) is 40.5 Å². The summed E-state index contributed by atoms with van der Waals surface area (Å²) in [6.45, 7) is 3.61. The molecule has 1 aliphatic rings. The number of rotatable bonds is 4. The smallest absolute Gasteiger partial charge is 0.307 e. The summed E-state index contributed by atoms with van der Waals surface area (Å²) >= 11 is 12.2. The molecule has 0 amide bonds. The minimum atomic E-state index is -0.702. The van der Waals surface area contributed by atoms with Crippen LogP contribution >= 0.6 is 23.2 Å². The molecule has 1 aromatic carbocycles. The largest absolute Gasteiger partial charge is 0.481 e. The number of hydrogen-bond acceptors (Lipinski definition) is 2. The highest BCUT2D eigenvalue weighted by Gasteiger charge is 2.30. The van der Waals surface area contributed by atoms with E-state index in [1.165, 1.54) is 0 Å². The molecule has 5 heteroatoms. The Labute approximate surface area is 129 Å². The molecular weight excluding hydrogens is 297 g/mol. The van der Waals surface area contributed by atoms with Crippen molar-refractivity contribution in [1.82, 2.24) is 4.90 Å². The number of carbonyl (C=O) groups is 1. The summed E-state index contributed by atoms with van der Waals surface area (Å²) in [5.41, 5.74) is 1.03. The van der Waals surface area contributed by atoms with Crippen molar-refractivity contribution >= 4 is 29.2 Å². The van der Waals surface area contributed by atoms with Crippen LogP contribution in [0.4, 0.5) is 0 Å². The molecule has 0 radical (unpaired) electrons. The average molecular weight is 316 g/mol. The van der Waals surface area contributed by atoms with Gasteiger partial charge in [-0.3, -0.25) is 9.69 Å². The molecule has 2 unspecified atom stereocenters. The monoisotopic (exact) mass is 315 g/mol. The van der Waals surface area contributed by atoms with Crippen LogP contribution in [0, 0.1) is 5.92 Å². The van der Waals surface area contributed by atoms with Gasteiger partial charge in [-0.15, -0.1) is 0 Å². The maximum Gasteiger partial charge on any atom is 0.307 e. The van der Waals surface area contributed by atoms with Crippen molar-refractivity contribution in [3.8, 4) is 0 Å². The van der Waals surface area contributed by atoms with Crippen LogP contribution in [0.1, 0.15) is 37.8 Å². The van der Waals surface area contributed by atoms with E-state index in [-0.39, 0.29) is 12.0 Å². The number of hydrogen-bond donors (Lipinski definition) is 1. The first-order chi connectivity index (χ1) is 9.52. The summed E-state index contributed by atoms with van der Waals surface area (Å²) in [6.07, 6.45) is 2.57. The molecule has 0 spiro atoms. The lowest BCUT2D eigenvalue weighted by atomic mass is 9.94. The van der Waals surface area contributed by atoms with E-state index in [4.69, 9.17) is 23.2 Å². The lowest BCUT2D eigenvalue weighted by molar-refractivity contribution is -0.144. The minimum absolute atomic E-state index is 0.155. The minimum Gasteiger partial charge on any atom is -0.481 e. The first-order valence-electron chi connectivity index (χ1n) is 6.94. The predicted molar refractivity (Wildman–Crippen MR) is 81.4 cm³/mol. The molecule has 1 saturated heterocycles. The summed E-state index contributed by atoms with van der Waals surface area (Å²) in [6, 6.07) is 5.69. The lowest BCUT2D eigenvalue weighted by Gasteiger charge is -2.37. The number of likely N-dealkylation sites (tertiary alicyclic amines) is 1. The van der Waals surface area contributed by atoms with Crippen molar-refractivity contribution in [3.63, 3.8) is 0 Å². The van der Waals surface area contributed by atoms with Crippen LogP contribution in [-0.4, -0.2) is 29.1 Å². The highest BCUT2D eigenvalue weighted by Crippen LogP contribution is 2.34. The van der Waals surface area contributed by atoms with Crippen LogP contribution in [0.5, 0.6) is 0 Å².